The van der Waals surface area contributed by atoms with E-state index < -0.39 is 0 Å². The molecule has 0 spiro atoms. The van der Waals surface area contributed by atoms with Gasteiger partial charge in [0.25, 0.3) is 0 Å². The minimum atomic E-state index is 0.166. The van der Waals surface area contributed by atoms with E-state index in [1.54, 1.807) is 0 Å². The van der Waals surface area contributed by atoms with E-state index in [2.05, 4.69) is 45.9 Å². The molecule has 1 aromatic carbocycles. The van der Waals surface area contributed by atoms with Crippen molar-refractivity contribution in [3.63, 3.8) is 0 Å². The Bertz CT molecular complexity index is 601. The summed E-state index contributed by atoms with van der Waals surface area (Å²) in [6, 6.07) is 12.8. The van der Waals surface area contributed by atoms with E-state index >= 15 is 0 Å². The largest absolute Gasteiger partial charge is 0.395 e. The second-order valence-electron chi connectivity index (χ2n) is 5.69. The van der Waals surface area contributed by atoms with Crippen molar-refractivity contribution in [3.8, 4) is 0 Å². The molecule has 0 saturated heterocycles. The minimum absolute atomic E-state index is 0.166. The number of nitrogens with zero attached hydrogens (tertiary/aromatic N) is 1. The van der Waals surface area contributed by atoms with Crippen LogP contribution in [0.1, 0.15) is 35.6 Å². The topological polar surface area (TPSA) is 57.2 Å². The summed E-state index contributed by atoms with van der Waals surface area (Å²) in [5.74, 6) is 0.969. The van der Waals surface area contributed by atoms with Gasteiger partial charge in [-0.1, -0.05) is 30.3 Å². The molecular formula is C18H23N3O. The molecule has 0 aliphatic heterocycles. The fourth-order valence-electron chi connectivity index (χ4n) is 3.13. The van der Waals surface area contributed by atoms with Crippen LogP contribution in [0.5, 0.6) is 0 Å². The van der Waals surface area contributed by atoms with Crippen LogP contribution >= 0.6 is 0 Å². The van der Waals surface area contributed by atoms with Crippen LogP contribution in [0.2, 0.25) is 0 Å². The molecule has 0 bridgehead atoms. The highest BCUT2D eigenvalue weighted by Gasteiger charge is 2.23. The molecule has 0 radical (unpaired) electrons. The zero-order valence-electron chi connectivity index (χ0n) is 12.8. The van der Waals surface area contributed by atoms with Crippen molar-refractivity contribution in [2.45, 2.75) is 31.8 Å². The number of hydrogen-bond donors (Lipinski definition) is 3. The maximum atomic E-state index is 9.07. The number of anilines is 1. The number of aliphatic hydroxyl groups is 1. The lowest BCUT2D eigenvalue weighted by Crippen LogP contribution is -2.29. The number of hydrogen-bond acceptors (Lipinski definition) is 4. The number of pyridine rings is 1. The third kappa shape index (κ3) is 3.46. The van der Waals surface area contributed by atoms with E-state index in [1.165, 1.54) is 23.1 Å². The van der Waals surface area contributed by atoms with Gasteiger partial charge >= 0.3 is 0 Å². The lowest BCUT2D eigenvalue weighted by molar-refractivity contribution is 0.280. The molecule has 1 atom stereocenters. The molecule has 1 aliphatic rings. The number of rotatable bonds is 6. The average molecular weight is 297 g/mol. The van der Waals surface area contributed by atoms with Gasteiger partial charge in [0.1, 0.15) is 5.82 Å². The van der Waals surface area contributed by atoms with Gasteiger partial charge in [-0.25, -0.2) is 4.98 Å². The quantitative estimate of drug-likeness (QED) is 0.767. The molecule has 3 N–H and O–H groups in total. The molecule has 1 unspecified atom stereocenters. The summed E-state index contributed by atoms with van der Waals surface area (Å²) >= 11 is 0. The Hall–Kier alpha value is -1.91. The maximum absolute atomic E-state index is 9.07. The number of aryl methyl sites for hydroxylation is 1. The first-order chi connectivity index (χ1) is 10.9. The van der Waals surface area contributed by atoms with Gasteiger partial charge in [-0.2, -0.15) is 0 Å². The molecular weight excluding hydrogens is 274 g/mol. The zero-order chi connectivity index (χ0) is 15.2. The van der Waals surface area contributed by atoms with Crippen molar-refractivity contribution >= 4 is 5.82 Å². The summed E-state index contributed by atoms with van der Waals surface area (Å²) in [7, 11) is 0. The average Bonchev–Trinajstić information content (AvgIpc) is 2.59. The smallest absolute Gasteiger partial charge is 0.131 e. The summed E-state index contributed by atoms with van der Waals surface area (Å²) < 4.78 is 0. The van der Waals surface area contributed by atoms with Crippen molar-refractivity contribution in [1.29, 1.82) is 0 Å². The highest BCUT2D eigenvalue weighted by atomic mass is 16.3. The van der Waals surface area contributed by atoms with Crippen LogP contribution in [-0.2, 0) is 13.0 Å². The molecule has 4 nitrogen and oxygen atoms in total. The Morgan fingerprint density at radius 2 is 2.05 bits per heavy atom. The summed E-state index contributed by atoms with van der Waals surface area (Å²) in [6.45, 7) is 1.56. The molecule has 0 amide bonds. The highest BCUT2D eigenvalue weighted by Crippen LogP contribution is 2.34. The Labute approximate surface area is 131 Å². The van der Waals surface area contributed by atoms with Gasteiger partial charge in [0, 0.05) is 30.9 Å². The predicted octanol–water partition coefficient (Wildman–Crippen LogP) is 2.65. The SMILES string of the molecule is OCCNC1CCCc2ccnc(NCc3ccccc3)c21. The standard InChI is InChI=1S/C18H23N3O/c22-12-11-19-16-8-4-7-15-9-10-20-18(17(15)16)21-13-14-5-2-1-3-6-14/h1-3,5-6,9-10,16,19,22H,4,7-8,11-13H2,(H,20,21). The van der Waals surface area contributed by atoms with Crippen LogP contribution in [-0.4, -0.2) is 23.2 Å². The fourth-order valence-corrected chi connectivity index (χ4v) is 3.13. The summed E-state index contributed by atoms with van der Waals surface area (Å²) in [6.07, 6.45) is 5.27. The van der Waals surface area contributed by atoms with Gasteiger partial charge < -0.3 is 15.7 Å². The number of nitrogens with one attached hydrogen (secondary N) is 2. The molecule has 2 aromatic rings. The lowest BCUT2D eigenvalue weighted by atomic mass is 9.88. The van der Waals surface area contributed by atoms with Gasteiger partial charge in [-0.3, -0.25) is 0 Å². The molecule has 4 heteroatoms. The third-order valence-electron chi connectivity index (χ3n) is 4.17. The third-order valence-corrected chi connectivity index (χ3v) is 4.17. The van der Waals surface area contributed by atoms with Gasteiger partial charge in [0.15, 0.2) is 0 Å². The maximum Gasteiger partial charge on any atom is 0.131 e. The van der Waals surface area contributed by atoms with Crippen molar-refractivity contribution in [2.24, 2.45) is 0 Å². The Kier molecular flexibility index (Phi) is 5.03. The normalized spacial score (nSPS) is 17.0. The Morgan fingerprint density at radius 3 is 2.86 bits per heavy atom. The molecule has 1 aromatic heterocycles. The number of benzene rings is 1. The monoisotopic (exact) mass is 297 g/mol. The first-order valence-electron chi connectivity index (χ1n) is 7.98. The zero-order valence-corrected chi connectivity index (χ0v) is 12.8. The number of aliphatic hydroxyl groups excluding tert-OH is 1. The van der Waals surface area contributed by atoms with Crippen molar-refractivity contribution < 1.29 is 5.11 Å². The molecule has 116 valence electrons. The lowest BCUT2D eigenvalue weighted by Gasteiger charge is -2.28. The van der Waals surface area contributed by atoms with E-state index in [0.29, 0.717) is 6.54 Å². The van der Waals surface area contributed by atoms with E-state index in [0.717, 1.165) is 25.2 Å². The first-order valence-corrected chi connectivity index (χ1v) is 7.98. The van der Waals surface area contributed by atoms with Crippen molar-refractivity contribution in [2.75, 3.05) is 18.5 Å². The Morgan fingerprint density at radius 1 is 1.18 bits per heavy atom. The van der Waals surface area contributed by atoms with Gasteiger partial charge in [-0.05, 0) is 36.5 Å². The summed E-state index contributed by atoms with van der Waals surface area (Å²) in [5, 5.41) is 16.0. The molecule has 0 fully saturated rings. The van der Waals surface area contributed by atoms with E-state index in [-0.39, 0.29) is 12.6 Å². The van der Waals surface area contributed by atoms with E-state index in [9.17, 15) is 0 Å². The second-order valence-corrected chi connectivity index (χ2v) is 5.69. The molecule has 0 saturated carbocycles. The van der Waals surface area contributed by atoms with Crippen LogP contribution in [0.25, 0.3) is 0 Å². The highest BCUT2D eigenvalue weighted by molar-refractivity contribution is 5.51. The summed E-state index contributed by atoms with van der Waals surface area (Å²) in [4.78, 5) is 4.55. The predicted molar refractivity (Wildman–Crippen MR) is 88.8 cm³/mol. The van der Waals surface area contributed by atoms with Crippen LogP contribution in [0.15, 0.2) is 42.6 Å². The number of fused-ring (bicyclic) bond motifs is 1. The molecule has 1 heterocycles. The van der Waals surface area contributed by atoms with Crippen LogP contribution in [0.4, 0.5) is 5.82 Å². The number of aromatic nitrogens is 1. The second kappa shape index (κ2) is 7.38. The van der Waals surface area contributed by atoms with Gasteiger partial charge in [0.2, 0.25) is 0 Å². The Balaban J connectivity index is 1.79. The van der Waals surface area contributed by atoms with Crippen LogP contribution in [0.3, 0.4) is 0 Å². The van der Waals surface area contributed by atoms with Crippen LogP contribution in [0, 0.1) is 0 Å². The minimum Gasteiger partial charge on any atom is -0.395 e. The van der Waals surface area contributed by atoms with Crippen LogP contribution < -0.4 is 10.6 Å². The molecule has 3 rings (SSSR count). The molecule has 22 heavy (non-hydrogen) atoms. The van der Waals surface area contributed by atoms with Gasteiger partial charge in [-0.15, -0.1) is 0 Å². The van der Waals surface area contributed by atoms with Crippen molar-refractivity contribution in [3.05, 3.63) is 59.3 Å². The van der Waals surface area contributed by atoms with E-state index in [4.69, 9.17) is 5.11 Å². The van der Waals surface area contributed by atoms with E-state index in [1.807, 2.05) is 12.3 Å². The first kappa shape index (κ1) is 15.0. The van der Waals surface area contributed by atoms with Crippen molar-refractivity contribution in [1.82, 2.24) is 10.3 Å². The molecule has 1 aliphatic carbocycles. The van der Waals surface area contributed by atoms with Gasteiger partial charge in [0.05, 0.1) is 6.61 Å². The summed E-state index contributed by atoms with van der Waals surface area (Å²) in [5.41, 5.74) is 3.89. The fraction of sp³-hybridized carbons (Fsp3) is 0.389.